The van der Waals surface area contributed by atoms with Crippen molar-refractivity contribution in [3.8, 4) is 18.4 Å². The Kier molecular flexibility index (Phi) is 3.65. The van der Waals surface area contributed by atoms with Crippen molar-refractivity contribution in [3.05, 3.63) is 29.3 Å². The number of nitrogens with zero attached hydrogens (tertiary/aromatic N) is 1. The van der Waals surface area contributed by atoms with Crippen LogP contribution in [-0.4, -0.2) is 18.3 Å². The second-order valence-corrected chi connectivity index (χ2v) is 5.99. The fraction of sp³-hybridized carbons (Fsp3) is 0.438. The summed E-state index contributed by atoms with van der Waals surface area (Å²) in [6, 6.07) is 7.58. The quantitative estimate of drug-likeness (QED) is 0.608. The molecule has 4 heteroatoms. The smallest absolute Gasteiger partial charge is 0.399 e. The summed E-state index contributed by atoms with van der Waals surface area (Å²) in [6.07, 6.45) is 5.90. The van der Waals surface area contributed by atoms with Crippen LogP contribution in [0.5, 0.6) is 0 Å². The highest BCUT2D eigenvalue weighted by molar-refractivity contribution is 6.62. The van der Waals surface area contributed by atoms with Crippen LogP contribution < -0.4 is 5.46 Å². The number of nitriles is 1. The molecule has 0 N–H and O–H groups in total. The average Bonchev–Trinajstić information content (AvgIpc) is 2.59. The molecule has 0 unspecified atom stereocenters. The monoisotopic (exact) mass is 267 g/mol. The van der Waals surface area contributed by atoms with E-state index >= 15 is 0 Å². The summed E-state index contributed by atoms with van der Waals surface area (Å²) in [4.78, 5) is 0. The van der Waals surface area contributed by atoms with Crippen LogP contribution in [0.1, 0.15) is 38.8 Å². The van der Waals surface area contributed by atoms with E-state index in [-0.39, 0.29) is 0 Å². The van der Waals surface area contributed by atoms with Crippen molar-refractivity contribution in [3.63, 3.8) is 0 Å². The topological polar surface area (TPSA) is 42.2 Å². The van der Waals surface area contributed by atoms with E-state index in [0.717, 1.165) is 11.0 Å². The van der Waals surface area contributed by atoms with Gasteiger partial charge in [-0.1, -0.05) is 6.07 Å². The van der Waals surface area contributed by atoms with E-state index in [1.165, 1.54) is 0 Å². The SMILES string of the molecule is C#CCc1ccc(C#N)cc1B1OC(C)(C)C(C)(C)O1. The Hall–Kier alpha value is -1.75. The standard InChI is InChI=1S/C16H18BNO2/c1-6-7-13-9-8-12(11-18)10-14(13)17-19-15(2,3)16(4,5)20-17/h1,8-10H,7H2,2-5H3. The summed E-state index contributed by atoms with van der Waals surface area (Å²) in [5, 5.41) is 9.06. The molecule has 0 atom stereocenters. The molecule has 0 aliphatic carbocycles. The number of hydrogen-bond acceptors (Lipinski definition) is 3. The lowest BCUT2D eigenvalue weighted by molar-refractivity contribution is 0.00578. The molecule has 0 spiro atoms. The second-order valence-electron chi connectivity index (χ2n) is 5.99. The lowest BCUT2D eigenvalue weighted by Gasteiger charge is -2.32. The van der Waals surface area contributed by atoms with Crippen molar-refractivity contribution in [2.45, 2.75) is 45.3 Å². The molecule has 0 amide bonds. The molecule has 1 aliphatic heterocycles. The second kappa shape index (κ2) is 4.98. The summed E-state index contributed by atoms with van der Waals surface area (Å²) in [7, 11) is -0.489. The predicted octanol–water partition coefficient (Wildman–Crippen LogP) is 2.03. The van der Waals surface area contributed by atoms with E-state index in [2.05, 4.69) is 12.0 Å². The van der Waals surface area contributed by atoms with Gasteiger partial charge in [-0.15, -0.1) is 12.3 Å². The van der Waals surface area contributed by atoms with Gasteiger partial charge in [0.1, 0.15) is 0 Å². The van der Waals surface area contributed by atoms with Crippen LogP contribution in [-0.2, 0) is 15.7 Å². The van der Waals surface area contributed by atoms with Gasteiger partial charge in [-0.3, -0.25) is 0 Å². The normalized spacial score (nSPS) is 19.4. The van der Waals surface area contributed by atoms with E-state index in [1.54, 1.807) is 12.1 Å². The molecule has 1 aromatic rings. The number of terminal acetylenes is 1. The Morgan fingerprint density at radius 1 is 1.20 bits per heavy atom. The van der Waals surface area contributed by atoms with Crippen molar-refractivity contribution in [1.29, 1.82) is 5.26 Å². The van der Waals surface area contributed by atoms with Gasteiger partial charge < -0.3 is 9.31 Å². The molecule has 1 fully saturated rings. The zero-order valence-electron chi connectivity index (χ0n) is 12.4. The minimum Gasteiger partial charge on any atom is -0.399 e. The van der Waals surface area contributed by atoms with Crippen molar-refractivity contribution in [2.24, 2.45) is 0 Å². The highest BCUT2D eigenvalue weighted by atomic mass is 16.7. The molecule has 0 aromatic heterocycles. The van der Waals surface area contributed by atoms with E-state index in [1.807, 2.05) is 33.8 Å². The van der Waals surface area contributed by atoms with Gasteiger partial charge in [0.2, 0.25) is 0 Å². The van der Waals surface area contributed by atoms with Crippen molar-refractivity contribution < 1.29 is 9.31 Å². The van der Waals surface area contributed by atoms with Crippen LogP contribution in [0.4, 0.5) is 0 Å². The minimum absolute atomic E-state index is 0.409. The summed E-state index contributed by atoms with van der Waals surface area (Å²) in [6.45, 7) is 8.01. The summed E-state index contributed by atoms with van der Waals surface area (Å²) < 4.78 is 12.1. The Morgan fingerprint density at radius 2 is 1.80 bits per heavy atom. The van der Waals surface area contributed by atoms with Crippen LogP contribution in [0.3, 0.4) is 0 Å². The Bertz CT molecular complexity index is 592. The first-order chi connectivity index (χ1) is 9.30. The number of rotatable bonds is 2. The summed E-state index contributed by atoms with van der Waals surface area (Å²) >= 11 is 0. The van der Waals surface area contributed by atoms with Crippen LogP contribution in [0, 0.1) is 23.7 Å². The maximum Gasteiger partial charge on any atom is 0.495 e. The third-order valence-electron chi connectivity index (χ3n) is 4.07. The molecular formula is C16H18BNO2. The van der Waals surface area contributed by atoms with Gasteiger partial charge in [0.25, 0.3) is 0 Å². The first-order valence-corrected chi connectivity index (χ1v) is 6.63. The van der Waals surface area contributed by atoms with E-state index in [9.17, 15) is 0 Å². The molecule has 102 valence electrons. The largest absolute Gasteiger partial charge is 0.495 e. The van der Waals surface area contributed by atoms with Gasteiger partial charge >= 0.3 is 7.12 Å². The van der Waals surface area contributed by atoms with Gasteiger partial charge in [0, 0.05) is 6.42 Å². The minimum atomic E-state index is -0.489. The molecular weight excluding hydrogens is 249 g/mol. The molecule has 20 heavy (non-hydrogen) atoms. The maximum absolute atomic E-state index is 9.06. The average molecular weight is 267 g/mol. The third kappa shape index (κ3) is 2.45. The Labute approximate surface area is 121 Å². The number of benzene rings is 1. The van der Waals surface area contributed by atoms with Gasteiger partial charge in [-0.25, -0.2) is 0 Å². The van der Waals surface area contributed by atoms with Crippen molar-refractivity contribution >= 4 is 12.6 Å². The van der Waals surface area contributed by atoms with Crippen LogP contribution in [0.15, 0.2) is 18.2 Å². The molecule has 1 aromatic carbocycles. The highest BCUT2D eigenvalue weighted by Gasteiger charge is 2.52. The summed E-state index contributed by atoms with van der Waals surface area (Å²) in [5.74, 6) is 2.63. The molecule has 1 heterocycles. The molecule has 0 bridgehead atoms. The molecule has 1 aliphatic rings. The van der Waals surface area contributed by atoms with Crippen LogP contribution in [0.25, 0.3) is 0 Å². The third-order valence-corrected chi connectivity index (χ3v) is 4.07. The van der Waals surface area contributed by atoms with Crippen molar-refractivity contribution in [1.82, 2.24) is 0 Å². The van der Waals surface area contributed by atoms with E-state index in [0.29, 0.717) is 12.0 Å². The first kappa shape index (κ1) is 14.7. The first-order valence-electron chi connectivity index (χ1n) is 6.63. The van der Waals surface area contributed by atoms with E-state index in [4.69, 9.17) is 21.0 Å². The van der Waals surface area contributed by atoms with Crippen LogP contribution in [0.2, 0.25) is 0 Å². The Balaban J connectivity index is 2.43. The molecule has 0 radical (unpaired) electrons. The van der Waals surface area contributed by atoms with Gasteiger partial charge in [-0.05, 0) is 50.9 Å². The molecule has 1 saturated heterocycles. The zero-order valence-corrected chi connectivity index (χ0v) is 12.4. The Morgan fingerprint density at radius 3 is 2.30 bits per heavy atom. The number of hydrogen-bond donors (Lipinski definition) is 0. The molecule has 2 rings (SSSR count). The lowest BCUT2D eigenvalue weighted by atomic mass is 9.74. The van der Waals surface area contributed by atoms with E-state index < -0.39 is 18.3 Å². The van der Waals surface area contributed by atoms with Gasteiger partial charge in [0.05, 0.1) is 22.8 Å². The van der Waals surface area contributed by atoms with Crippen LogP contribution >= 0.6 is 0 Å². The fourth-order valence-electron chi connectivity index (χ4n) is 2.12. The zero-order chi connectivity index (χ0) is 15.0. The fourth-order valence-corrected chi connectivity index (χ4v) is 2.12. The predicted molar refractivity (Wildman–Crippen MR) is 79.4 cm³/mol. The highest BCUT2D eigenvalue weighted by Crippen LogP contribution is 2.36. The maximum atomic E-state index is 9.06. The molecule has 3 nitrogen and oxygen atoms in total. The van der Waals surface area contributed by atoms with Crippen molar-refractivity contribution in [2.75, 3.05) is 0 Å². The van der Waals surface area contributed by atoms with Gasteiger partial charge in [0.15, 0.2) is 0 Å². The molecule has 0 saturated carbocycles. The summed E-state index contributed by atoms with van der Waals surface area (Å²) in [5.41, 5.74) is 1.57. The lowest BCUT2D eigenvalue weighted by Crippen LogP contribution is -2.41. The van der Waals surface area contributed by atoms with Gasteiger partial charge in [-0.2, -0.15) is 5.26 Å².